The lowest BCUT2D eigenvalue weighted by Crippen LogP contribution is -2.25. The normalized spacial score (nSPS) is 11.9. The smallest absolute Gasteiger partial charge is 0.370 e. The summed E-state index contributed by atoms with van der Waals surface area (Å²) in [6.45, 7) is 7.45. The maximum atomic E-state index is 12.5. The second-order valence-corrected chi connectivity index (χ2v) is 4.59. The number of hydrogen-bond donors (Lipinski definition) is 1. The molecule has 0 aliphatic heterocycles. The lowest BCUT2D eigenvalue weighted by Gasteiger charge is -2.17. The van der Waals surface area contributed by atoms with Gasteiger partial charge in [0.15, 0.2) is 0 Å². The van der Waals surface area contributed by atoms with E-state index in [2.05, 4.69) is 34.0 Å². The number of alkyl halides is 3. The fraction of sp³-hybridized carbons (Fsp3) is 0.667. The third-order valence-corrected chi connectivity index (χ3v) is 2.99. The van der Waals surface area contributed by atoms with Crippen molar-refractivity contribution in [2.24, 2.45) is 0 Å². The van der Waals surface area contributed by atoms with E-state index in [0.29, 0.717) is 6.54 Å². The molecule has 0 radical (unpaired) electrons. The van der Waals surface area contributed by atoms with Crippen molar-refractivity contribution in [1.29, 1.82) is 0 Å². The molecule has 0 aliphatic rings. The fourth-order valence-electron chi connectivity index (χ4n) is 1.69. The van der Waals surface area contributed by atoms with Gasteiger partial charge in [-0.25, -0.2) is 9.97 Å². The first-order valence-corrected chi connectivity index (χ1v) is 6.82. The zero-order valence-electron chi connectivity index (χ0n) is 11.5. The minimum Gasteiger partial charge on any atom is -0.370 e. The van der Waals surface area contributed by atoms with Crippen LogP contribution in [0.1, 0.15) is 26.1 Å². The zero-order valence-corrected chi connectivity index (χ0v) is 12.2. The lowest BCUT2D eigenvalue weighted by molar-refractivity contribution is -0.144. The summed E-state index contributed by atoms with van der Waals surface area (Å²) in [5.74, 6) is -1.13. The third-order valence-electron chi connectivity index (χ3n) is 2.80. The molecule has 1 aromatic rings. The van der Waals surface area contributed by atoms with Gasteiger partial charge in [0.05, 0.1) is 0 Å². The number of halogens is 4. The van der Waals surface area contributed by atoms with Gasteiger partial charge in [0.1, 0.15) is 11.0 Å². The fourth-order valence-corrected chi connectivity index (χ4v) is 1.88. The SMILES string of the molecule is CCN(CC)CCCNc1cc(Cl)nc(C(F)(F)F)n1. The van der Waals surface area contributed by atoms with E-state index in [1.54, 1.807) is 0 Å². The van der Waals surface area contributed by atoms with Crippen LogP contribution in [-0.2, 0) is 6.18 Å². The predicted molar refractivity (Wildman–Crippen MR) is 72.9 cm³/mol. The van der Waals surface area contributed by atoms with E-state index >= 15 is 0 Å². The monoisotopic (exact) mass is 310 g/mol. The molecule has 1 heterocycles. The van der Waals surface area contributed by atoms with Gasteiger partial charge in [-0.2, -0.15) is 13.2 Å². The number of aromatic nitrogens is 2. The summed E-state index contributed by atoms with van der Waals surface area (Å²) in [6, 6.07) is 1.29. The average Bonchev–Trinajstić information content (AvgIpc) is 2.37. The van der Waals surface area contributed by atoms with Crippen molar-refractivity contribution in [2.45, 2.75) is 26.4 Å². The van der Waals surface area contributed by atoms with E-state index in [-0.39, 0.29) is 11.0 Å². The van der Waals surface area contributed by atoms with Gasteiger partial charge in [0.25, 0.3) is 0 Å². The van der Waals surface area contributed by atoms with Crippen LogP contribution in [-0.4, -0.2) is 41.0 Å². The molecule has 0 saturated heterocycles. The number of nitrogens with one attached hydrogen (secondary N) is 1. The predicted octanol–water partition coefficient (Wildman–Crippen LogP) is 3.29. The van der Waals surface area contributed by atoms with Crippen LogP contribution in [0.15, 0.2) is 6.07 Å². The van der Waals surface area contributed by atoms with E-state index in [1.165, 1.54) is 6.07 Å². The minimum absolute atomic E-state index is 0.0943. The summed E-state index contributed by atoms with van der Waals surface area (Å²) in [5, 5.41) is 2.62. The maximum absolute atomic E-state index is 12.5. The second-order valence-electron chi connectivity index (χ2n) is 4.20. The molecule has 0 fully saturated rings. The van der Waals surface area contributed by atoms with Crippen LogP contribution in [0.25, 0.3) is 0 Å². The highest BCUT2D eigenvalue weighted by molar-refractivity contribution is 6.29. The molecular weight excluding hydrogens is 293 g/mol. The molecule has 114 valence electrons. The number of hydrogen-bond acceptors (Lipinski definition) is 4. The van der Waals surface area contributed by atoms with Crippen molar-refractivity contribution < 1.29 is 13.2 Å². The molecule has 0 amide bonds. The van der Waals surface area contributed by atoms with E-state index in [0.717, 1.165) is 26.1 Å². The Morgan fingerprint density at radius 2 is 1.90 bits per heavy atom. The van der Waals surface area contributed by atoms with E-state index in [4.69, 9.17) is 11.6 Å². The van der Waals surface area contributed by atoms with Crippen LogP contribution in [0.3, 0.4) is 0 Å². The highest BCUT2D eigenvalue weighted by atomic mass is 35.5. The molecule has 0 unspecified atom stereocenters. The Balaban J connectivity index is 2.54. The maximum Gasteiger partial charge on any atom is 0.451 e. The van der Waals surface area contributed by atoms with Crippen molar-refractivity contribution in [3.05, 3.63) is 17.0 Å². The summed E-state index contributed by atoms with van der Waals surface area (Å²) in [5.41, 5.74) is 0. The van der Waals surface area contributed by atoms with Gasteiger partial charge in [0, 0.05) is 12.6 Å². The summed E-state index contributed by atoms with van der Waals surface area (Å²) < 4.78 is 37.5. The van der Waals surface area contributed by atoms with Gasteiger partial charge < -0.3 is 10.2 Å². The van der Waals surface area contributed by atoms with Gasteiger partial charge in [-0.3, -0.25) is 0 Å². The molecule has 0 aliphatic carbocycles. The highest BCUT2D eigenvalue weighted by Gasteiger charge is 2.35. The zero-order chi connectivity index (χ0) is 15.2. The number of rotatable bonds is 7. The third kappa shape index (κ3) is 5.50. The Labute approximate surface area is 121 Å². The minimum atomic E-state index is -4.59. The average molecular weight is 311 g/mol. The Morgan fingerprint density at radius 1 is 1.25 bits per heavy atom. The molecule has 0 atom stereocenters. The van der Waals surface area contributed by atoms with Crippen molar-refractivity contribution in [1.82, 2.24) is 14.9 Å². The van der Waals surface area contributed by atoms with Crippen molar-refractivity contribution in [2.75, 3.05) is 31.5 Å². The van der Waals surface area contributed by atoms with Crippen LogP contribution in [0.4, 0.5) is 19.0 Å². The second kappa shape index (κ2) is 7.64. The van der Waals surface area contributed by atoms with Crippen molar-refractivity contribution in [3.63, 3.8) is 0 Å². The Morgan fingerprint density at radius 3 is 2.45 bits per heavy atom. The van der Waals surface area contributed by atoms with Gasteiger partial charge in [-0.1, -0.05) is 25.4 Å². The van der Waals surface area contributed by atoms with E-state index < -0.39 is 12.0 Å². The molecule has 0 spiro atoms. The Kier molecular flexibility index (Phi) is 6.48. The van der Waals surface area contributed by atoms with Gasteiger partial charge >= 0.3 is 6.18 Å². The topological polar surface area (TPSA) is 41.0 Å². The first-order valence-electron chi connectivity index (χ1n) is 6.44. The molecule has 8 heteroatoms. The Bertz CT molecular complexity index is 422. The van der Waals surface area contributed by atoms with Crippen LogP contribution in [0.5, 0.6) is 0 Å². The summed E-state index contributed by atoms with van der Waals surface area (Å²) >= 11 is 5.56. The number of anilines is 1. The number of nitrogens with zero attached hydrogens (tertiary/aromatic N) is 3. The molecule has 1 rings (SSSR count). The van der Waals surface area contributed by atoms with Crippen LogP contribution >= 0.6 is 11.6 Å². The molecule has 4 nitrogen and oxygen atoms in total. The Hall–Kier alpha value is -1.08. The van der Waals surface area contributed by atoms with Gasteiger partial charge in [-0.05, 0) is 26.1 Å². The molecule has 20 heavy (non-hydrogen) atoms. The standard InChI is InChI=1S/C12H18ClF3N4/c1-3-20(4-2)7-5-6-17-10-8-9(13)18-11(19-10)12(14,15)16/h8H,3-7H2,1-2H3,(H,17,18,19). The van der Waals surface area contributed by atoms with E-state index in [9.17, 15) is 13.2 Å². The van der Waals surface area contributed by atoms with Gasteiger partial charge in [-0.15, -0.1) is 0 Å². The first-order chi connectivity index (χ1) is 9.36. The lowest BCUT2D eigenvalue weighted by atomic mass is 10.3. The summed E-state index contributed by atoms with van der Waals surface area (Å²) in [6.07, 6.45) is -3.78. The molecule has 0 aromatic carbocycles. The quantitative estimate of drug-likeness (QED) is 0.620. The van der Waals surface area contributed by atoms with Crippen LogP contribution < -0.4 is 5.32 Å². The molecule has 0 saturated carbocycles. The molecular formula is C12H18ClF3N4. The van der Waals surface area contributed by atoms with Crippen molar-refractivity contribution >= 4 is 17.4 Å². The van der Waals surface area contributed by atoms with Gasteiger partial charge in [0.2, 0.25) is 5.82 Å². The molecule has 0 bridgehead atoms. The van der Waals surface area contributed by atoms with Crippen molar-refractivity contribution in [3.8, 4) is 0 Å². The first kappa shape index (κ1) is 17.0. The molecule has 1 aromatic heterocycles. The summed E-state index contributed by atoms with van der Waals surface area (Å²) in [7, 11) is 0. The van der Waals surface area contributed by atoms with E-state index in [1.807, 2.05) is 0 Å². The highest BCUT2D eigenvalue weighted by Crippen LogP contribution is 2.28. The molecule has 1 N–H and O–H groups in total. The van der Waals surface area contributed by atoms with Crippen LogP contribution in [0, 0.1) is 0 Å². The summed E-state index contributed by atoms with van der Waals surface area (Å²) in [4.78, 5) is 8.82. The van der Waals surface area contributed by atoms with Crippen LogP contribution in [0.2, 0.25) is 5.15 Å². The largest absolute Gasteiger partial charge is 0.451 e.